The first-order chi connectivity index (χ1) is 11.4. The Bertz CT molecular complexity index is 756. The maximum atomic E-state index is 5.22. The van der Waals surface area contributed by atoms with E-state index in [2.05, 4.69) is 22.1 Å². The van der Waals surface area contributed by atoms with Crippen LogP contribution in [0, 0.1) is 0 Å². The zero-order valence-electron chi connectivity index (χ0n) is 12.8. The summed E-state index contributed by atoms with van der Waals surface area (Å²) in [6.45, 7) is 0. The van der Waals surface area contributed by atoms with Gasteiger partial charge in [0.25, 0.3) is 0 Å². The van der Waals surface area contributed by atoms with Gasteiger partial charge in [0.05, 0.1) is 7.11 Å². The van der Waals surface area contributed by atoms with Gasteiger partial charge >= 0.3 is 0 Å². The number of rotatable bonds is 5. The molecule has 0 N–H and O–H groups in total. The van der Waals surface area contributed by atoms with E-state index in [1.807, 2.05) is 59.6 Å². The molecular formula is C19H17N3O. The van der Waals surface area contributed by atoms with Gasteiger partial charge in [0, 0.05) is 24.3 Å². The Kier molecular flexibility index (Phi) is 4.64. The highest BCUT2D eigenvalue weighted by Gasteiger charge is 2.08. The molecule has 23 heavy (non-hydrogen) atoms. The van der Waals surface area contributed by atoms with Gasteiger partial charge in [-0.2, -0.15) is 0 Å². The van der Waals surface area contributed by atoms with Crippen LogP contribution in [0.4, 0.5) is 11.6 Å². The maximum absolute atomic E-state index is 5.22. The first-order valence-corrected chi connectivity index (χ1v) is 7.30. The third-order valence-corrected chi connectivity index (χ3v) is 3.33. The van der Waals surface area contributed by atoms with Crippen LogP contribution in [0.3, 0.4) is 0 Å². The summed E-state index contributed by atoms with van der Waals surface area (Å²) >= 11 is 0. The Balaban J connectivity index is 1.95. The molecule has 0 fully saturated rings. The summed E-state index contributed by atoms with van der Waals surface area (Å²) in [5, 5.41) is 0. The van der Waals surface area contributed by atoms with E-state index in [0.717, 1.165) is 17.0 Å². The van der Waals surface area contributed by atoms with E-state index in [1.165, 1.54) is 0 Å². The van der Waals surface area contributed by atoms with Crippen molar-refractivity contribution in [3.8, 4) is 5.75 Å². The number of benzene rings is 2. The number of hydrogen-bond donors (Lipinski definition) is 0. The van der Waals surface area contributed by atoms with E-state index in [0.29, 0.717) is 5.95 Å². The summed E-state index contributed by atoms with van der Waals surface area (Å²) in [5.74, 6) is 1.43. The van der Waals surface area contributed by atoms with Gasteiger partial charge in [-0.15, -0.1) is 0 Å². The lowest BCUT2D eigenvalue weighted by molar-refractivity contribution is 0.415. The third kappa shape index (κ3) is 3.74. The largest absolute Gasteiger partial charge is 0.497 e. The predicted octanol–water partition coefficient (Wildman–Crippen LogP) is 4.29. The van der Waals surface area contributed by atoms with E-state index in [1.54, 1.807) is 25.6 Å². The molecule has 0 unspecified atom stereocenters. The van der Waals surface area contributed by atoms with E-state index in [9.17, 15) is 0 Å². The monoisotopic (exact) mass is 303 g/mol. The molecule has 0 radical (unpaired) electrons. The van der Waals surface area contributed by atoms with Gasteiger partial charge in [-0.3, -0.25) is 4.90 Å². The zero-order valence-corrected chi connectivity index (χ0v) is 12.8. The van der Waals surface area contributed by atoms with Crippen molar-refractivity contribution in [1.29, 1.82) is 0 Å². The fourth-order valence-corrected chi connectivity index (χ4v) is 2.15. The van der Waals surface area contributed by atoms with Gasteiger partial charge in [-0.1, -0.05) is 30.3 Å². The molecule has 0 spiro atoms. The third-order valence-electron chi connectivity index (χ3n) is 3.33. The second-order valence-corrected chi connectivity index (χ2v) is 4.84. The van der Waals surface area contributed by atoms with Crippen molar-refractivity contribution in [3.63, 3.8) is 0 Å². The summed E-state index contributed by atoms with van der Waals surface area (Å²) < 4.78 is 5.22. The van der Waals surface area contributed by atoms with Crippen LogP contribution in [-0.2, 0) is 0 Å². The quantitative estimate of drug-likeness (QED) is 0.704. The SMILES string of the molecule is COc1ccc(N(/C=C/c2ccccc2)c2ncccn2)cc1. The number of methoxy groups -OCH3 is 1. The number of hydrogen-bond acceptors (Lipinski definition) is 4. The van der Waals surface area contributed by atoms with Crippen LogP contribution >= 0.6 is 0 Å². The molecule has 0 amide bonds. The van der Waals surface area contributed by atoms with Crippen molar-refractivity contribution >= 4 is 17.7 Å². The van der Waals surface area contributed by atoms with Gasteiger partial charge in [-0.05, 0) is 42.0 Å². The minimum Gasteiger partial charge on any atom is -0.497 e. The zero-order chi connectivity index (χ0) is 15.9. The van der Waals surface area contributed by atoms with Crippen molar-refractivity contribution < 1.29 is 4.74 Å². The smallest absolute Gasteiger partial charge is 0.234 e. The number of ether oxygens (including phenoxy) is 1. The molecule has 114 valence electrons. The van der Waals surface area contributed by atoms with E-state index in [4.69, 9.17) is 4.74 Å². The molecule has 0 bridgehead atoms. The molecule has 4 heteroatoms. The Morgan fingerprint density at radius 2 is 1.57 bits per heavy atom. The second-order valence-electron chi connectivity index (χ2n) is 4.84. The van der Waals surface area contributed by atoms with Crippen LogP contribution in [0.15, 0.2) is 79.3 Å². The molecule has 0 saturated heterocycles. The Hall–Kier alpha value is -3.14. The summed E-state index contributed by atoms with van der Waals surface area (Å²) in [6, 6.07) is 19.7. The molecule has 0 aliphatic carbocycles. The fraction of sp³-hybridized carbons (Fsp3) is 0.0526. The highest BCUT2D eigenvalue weighted by Crippen LogP contribution is 2.25. The topological polar surface area (TPSA) is 38.2 Å². The minimum absolute atomic E-state index is 0.616. The van der Waals surface area contributed by atoms with Crippen LogP contribution in [0.1, 0.15) is 5.56 Å². The first-order valence-electron chi connectivity index (χ1n) is 7.30. The summed E-state index contributed by atoms with van der Waals surface area (Å²) in [5.41, 5.74) is 2.08. The lowest BCUT2D eigenvalue weighted by Gasteiger charge is -2.18. The minimum atomic E-state index is 0.616. The van der Waals surface area contributed by atoms with Gasteiger partial charge in [0.2, 0.25) is 5.95 Å². The number of anilines is 2. The number of aromatic nitrogens is 2. The Labute approximate surface area is 135 Å². The van der Waals surface area contributed by atoms with Crippen LogP contribution in [0.5, 0.6) is 5.75 Å². The molecule has 2 aromatic carbocycles. The molecule has 1 aromatic heterocycles. The highest BCUT2D eigenvalue weighted by atomic mass is 16.5. The summed E-state index contributed by atoms with van der Waals surface area (Å²) in [6.07, 6.45) is 7.46. The van der Waals surface area contributed by atoms with E-state index in [-0.39, 0.29) is 0 Å². The molecule has 3 rings (SSSR count). The van der Waals surface area contributed by atoms with Gasteiger partial charge in [0.1, 0.15) is 5.75 Å². The van der Waals surface area contributed by atoms with Gasteiger partial charge in [0.15, 0.2) is 0 Å². The lowest BCUT2D eigenvalue weighted by atomic mass is 10.2. The van der Waals surface area contributed by atoms with Crippen molar-refractivity contribution in [2.24, 2.45) is 0 Å². The molecule has 4 nitrogen and oxygen atoms in total. The van der Waals surface area contributed by atoms with Crippen molar-refractivity contribution in [3.05, 3.63) is 84.8 Å². The number of nitrogens with zero attached hydrogens (tertiary/aromatic N) is 3. The van der Waals surface area contributed by atoms with Crippen LogP contribution < -0.4 is 9.64 Å². The van der Waals surface area contributed by atoms with Crippen LogP contribution in [0.25, 0.3) is 6.08 Å². The highest BCUT2D eigenvalue weighted by molar-refractivity contribution is 5.65. The molecule has 1 heterocycles. The van der Waals surface area contributed by atoms with Crippen molar-refractivity contribution in [2.45, 2.75) is 0 Å². The average molecular weight is 303 g/mol. The van der Waals surface area contributed by atoms with Gasteiger partial charge < -0.3 is 4.74 Å². The van der Waals surface area contributed by atoms with Crippen LogP contribution in [-0.4, -0.2) is 17.1 Å². The summed E-state index contributed by atoms with van der Waals surface area (Å²) in [7, 11) is 1.66. The molecule has 0 atom stereocenters. The Morgan fingerprint density at radius 3 is 2.22 bits per heavy atom. The first kappa shape index (κ1) is 14.8. The van der Waals surface area contributed by atoms with Gasteiger partial charge in [-0.25, -0.2) is 9.97 Å². The molecule has 0 saturated carbocycles. The lowest BCUT2D eigenvalue weighted by Crippen LogP contribution is -2.11. The second kappa shape index (κ2) is 7.22. The Morgan fingerprint density at radius 1 is 0.870 bits per heavy atom. The molecule has 0 aliphatic rings. The normalized spacial score (nSPS) is 10.7. The molecule has 0 aliphatic heterocycles. The van der Waals surface area contributed by atoms with Crippen LogP contribution in [0.2, 0.25) is 0 Å². The van der Waals surface area contributed by atoms with E-state index < -0.39 is 0 Å². The average Bonchev–Trinajstić information content (AvgIpc) is 2.64. The maximum Gasteiger partial charge on any atom is 0.234 e. The fourth-order valence-electron chi connectivity index (χ4n) is 2.15. The van der Waals surface area contributed by atoms with E-state index >= 15 is 0 Å². The predicted molar refractivity (Wildman–Crippen MR) is 92.6 cm³/mol. The summed E-state index contributed by atoms with van der Waals surface area (Å²) in [4.78, 5) is 10.6. The van der Waals surface area contributed by atoms with Crippen molar-refractivity contribution in [1.82, 2.24) is 9.97 Å². The molecular weight excluding hydrogens is 286 g/mol. The van der Waals surface area contributed by atoms with Crippen molar-refractivity contribution in [2.75, 3.05) is 12.0 Å². The standard InChI is InChI=1S/C19H17N3O/c1-23-18-10-8-17(9-11-18)22(19-20-13-5-14-21-19)15-12-16-6-3-2-4-7-16/h2-15H,1H3/b15-12+. The molecule has 3 aromatic rings.